The van der Waals surface area contributed by atoms with E-state index in [0.717, 1.165) is 0 Å². The number of hydrogen-bond acceptors (Lipinski definition) is 5. The summed E-state index contributed by atoms with van der Waals surface area (Å²) in [5.41, 5.74) is 0. The third-order valence-corrected chi connectivity index (χ3v) is 3.14. The molecule has 0 aromatic rings. The van der Waals surface area contributed by atoms with Crippen molar-refractivity contribution in [1.82, 2.24) is 0 Å². The molecule has 0 unspecified atom stereocenters. The molecular formula is C11H16O5. The highest BCUT2D eigenvalue weighted by Gasteiger charge is 2.54. The van der Waals surface area contributed by atoms with Crippen LogP contribution in [0.15, 0.2) is 12.2 Å². The molecule has 2 heterocycles. The third kappa shape index (κ3) is 1.65. The van der Waals surface area contributed by atoms with E-state index in [1.165, 1.54) is 0 Å². The fourth-order valence-electron chi connectivity index (χ4n) is 2.30. The van der Waals surface area contributed by atoms with Gasteiger partial charge in [-0.1, -0.05) is 12.2 Å². The molecule has 90 valence electrons. The first kappa shape index (κ1) is 11.6. The standard InChI is InChI=1S/C11H16O5/c1-3-4-6-8(12)9(13)7-10(16-6)5(2)15-11(7)14/h3-10,12-13H,1-2H3/b4-3+/t5-,6-,7+,8-,9-,10+/m0/s1. The van der Waals surface area contributed by atoms with Crippen LogP contribution in [0.5, 0.6) is 0 Å². The Labute approximate surface area is 93.7 Å². The summed E-state index contributed by atoms with van der Waals surface area (Å²) >= 11 is 0. The van der Waals surface area contributed by atoms with E-state index in [4.69, 9.17) is 9.47 Å². The molecule has 2 aliphatic heterocycles. The number of esters is 1. The van der Waals surface area contributed by atoms with Crippen molar-refractivity contribution in [3.05, 3.63) is 12.2 Å². The maximum atomic E-state index is 11.4. The minimum atomic E-state index is -1.13. The molecule has 0 aromatic carbocycles. The second kappa shape index (κ2) is 4.16. The van der Waals surface area contributed by atoms with E-state index in [0.29, 0.717) is 0 Å². The van der Waals surface area contributed by atoms with E-state index in [9.17, 15) is 15.0 Å². The predicted octanol–water partition coefficient (Wildman–Crippen LogP) is -0.387. The zero-order valence-electron chi connectivity index (χ0n) is 9.24. The molecule has 5 nitrogen and oxygen atoms in total. The minimum Gasteiger partial charge on any atom is -0.460 e. The second-order valence-corrected chi connectivity index (χ2v) is 4.24. The minimum absolute atomic E-state index is 0.382. The molecule has 0 saturated carbocycles. The van der Waals surface area contributed by atoms with Gasteiger partial charge in [0.25, 0.3) is 0 Å². The number of aliphatic hydroxyl groups excluding tert-OH is 2. The smallest absolute Gasteiger partial charge is 0.314 e. The lowest BCUT2D eigenvalue weighted by atomic mass is 9.86. The van der Waals surface area contributed by atoms with E-state index >= 15 is 0 Å². The summed E-state index contributed by atoms with van der Waals surface area (Å²) in [6, 6.07) is 0. The van der Waals surface area contributed by atoms with Crippen LogP contribution in [0.2, 0.25) is 0 Å². The Morgan fingerprint density at radius 2 is 2.00 bits per heavy atom. The van der Waals surface area contributed by atoms with Crippen molar-refractivity contribution in [2.24, 2.45) is 5.92 Å². The van der Waals surface area contributed by atoms with Gasteiger partial charge in [-0.05, 0) is 13.8 Å². The van der Waals surface area contributed by atoms with Crippen molar-refractivity contribution in [2.75, 3.05) is 0 Å². The SMILES string of the molecule is C/C=C/[C@@H]1O[C@H]2[C@H](C(=O)O[C@H]2C)[C@H](O)[C@H]1O. The Bertz CT molecular complexity index is 313. The van der Waals surface area contributed by atoms with E-state index in [2.05, 4.69) is 0 Å². The highest BCUT2D eigenvalue weighted by Crippen LogP contribution is 2.35. The quantitative estimate of drug-likeness (QED) is 0.472. The molecule has 2 saturated heterocycles. The van der Waals surface area contributed by atoms with Gasteiger partial charge in [0, 0.05) is 0 Å². The molecule has 0 amide bonds. The summed E-state index contributed by atoms with van der Waals surface area (Å²) in [6.07, 6.45) is -0.256. The van der Waals surface area contributed by atoms with Gasteiger partial charge < -0.3 is 19.7 Å². The van der Waals surface area contributed by atoms with Crippen molar-refractivity contribution >= 4 is 5.97 Å². The van der Waals surface area contributed by atoms with Gasteiger partial charge >= 0.3 is 5.97 Å². The van der Waals surface area contributed by atoms with Crippen molar-refractivity contribution in [3.63, 3.8) is 0 Å². The normalized spacial score (nSPS) is 48.1. The fourth-order valence-corrected chi connectivity index (χ4v) is 2.30. The molecule has 0 radical (unpaired) electrons. The molecule has 0 bridgehead atoms. The maximum Gasteiger partial charge on any atom is 0.314 e. The fraction of sp³-hybridized carbons (Fsp3) is 0.727. The maximum absolute atomic E-state index is 11.4. The number of carbonyl (C=O) groups excluding carboxylic acids is 1. The van der Waals surface area contributed by atoms with Crippen molar-refractivity contribution < 1.29 is 24.5 Å². The number of ether oxygens (including phenoxy) is 2. The average molecular weight is 228 g/mol. The van der Waals surface area contributed by atoms with Crippen LogP contribution < -0.4 is 0 Å². The first-order valence-corrected chi connectivity index (χ1v) is 5.41. The Kier molecular flexibility index (Phi) is 3.01. The highest BCUT2D eigenvalue weighted by molar-refractivity contribution is 5.76. The van der Waals surface area contributed by atoms with Gasteiger partial charge in [0.2, 0.25) is 0 Å². The van der Waals surface area contributed by atoms with Gasteiger partial charge in [0.15, 0.2) is 0 Å². The predicted molar refractivity (Wildman–Crippen MR) is 54.5 cm³/mol. The Morgan fingerprint density at radius 3 is 2.62 bits per heavy atom. The second-order valence-electron chi connectivity index (χ2n) is 4.24. The topological polar surface area (TPSA) is 76.0 Å². The Balaban J connectivity index is 2.23. The summed E-state index contributed by atoms with van der Waals surface area (Å²) in [7, 11) is 0. The van der Waals surface area contributed by atoms with Gasteiger partial charge in [-0.3, -0.25) is 4.79 Å². The summed E-state index contributed by atoms with van der Waals surface area (Å²) in [4.78, 5) is 11.4. The number of hydrogen-bond donors (Lipinski definition) is 2. The summed E-state index contributed by atoms with van der Waals surface area (Å²) in [6.45, 7) is 3.52. The van der Waals surface area contributed by atoms with Crippen LogP contribution in [0.4, 0.5) is 0 Å². The number of cyclic esters (lactones) is 1. The van der Waals surface area contributed by atoms with Crippen molar-refractivity contribution in [2.45, 2.75) is 44.4 Å². The van der Waals surface area contributed by atoms with Crippen LogP contribution in [0, 0.1) is 5.92 Å². The lowest BCUT2D eigenvalue weighted by Crippen LogP contribution is -2.55. The van der Waals surface area contributed by atoms with E-state index < -0.39 is 36.3 Å². The van der Waals surface area contributed by atoms with Crippen LogP contribution in [0.25, 0.3) is 0 Å². The largest absolute Gasteiger partial charge is 0.460 e. The van der Waals surface area contributed by atoms with Crippen LogP contribution in [-0.4, -0.2) is 46.7 Å². The molecule has 2 aliphatic rings. The molecule has 0 aliphatic carbocycles. The molecule has 6 atom stereocenters. The number of carbonyl (C=O) groups is 1. The molecule has 0 spiro atoms. The number of rotatable bonds is 1. The molecule has 0 aromatic heterocycles. The lowest BCUT2D eigenvalue weighted by Gasteiger charge is -2.37. The van der Waals surface area contributed by atoms with Gasteiger partial charge in [0.1, 0.15) is 30.3 Å². The Hall–Kier alpha value is -0.910. The molecule has 2 fully saturated rings. The van der Waals surface area contributed by atoms with E-state index in [-0.39, 0.29) is 6.10 Å². The molecule has 16 heavy (non-hydrogen) atoms. The summed E-state index contributed by atoms with van der Waals surface area (Å²) in [5, 5.41) is 19.7. The van der Waals surface area contributed by atoms with Gasteiger partial charge in [-0.15, -0.1) is 0 Å². The molecule has 2 N–H and O–H groups in total. The van der Waals surface area contributed by atoms with Crippen LogP contribution in [-0.2, 0) is 14.3 Å². The highest BCUT2D eigenvalue weighted by atomic mass is 16.6. The first-order chi connectivity index (χ1) is 7.56. The van der Waals surface area contributed by atoms with Crippen LogP contribution >= 0.6 is 0 Å². The Morgan fingerprint density at radius 1 is 1.31 bits per heavy atom. The zero-order chi connectivity index (χ0) is 11.9. The van der Waals surface area contributed by atoms with Crippen molar-refractivity contribution in [3.8, 4) is 0 Å². The van der Waals surface area contributed by atoms with Crippen molar-refractivity contribution in [1.29, 1.82) is 0 Å². The third-order valence-electron chi connectivity index (χ3n) is 3.14. The van der Waals surface area contributed by atoms with Gasteiger partial charge in [-0.2, -0.15) is 0 Å². The monoisotopic (exact) mass is 228 g/mol. The van der Waals surface area contributed by atoms with E-state index in [1.54, 1.807) is 26.0 Å². The molecule has 5 heteroatoms. The molecule has 2 rings (SSSR count). The van der Waals surface area contributed by atoms with Gasteiger partial charge in [-0.25, -0.2) is 0 Å². The number of fused-ring (bicyclic) bond motifs is 1. The molecular weight excluding hydrogens is 212 g/mol. The summed E-state index contributed by atoms with van der Waals surface area (Å²) < 4.78 is 10.6. The average Bonchev–Trinajstić information content (AvgIpc) is 2.50. The summed E-state index contributed by atoms with van der Waals surface area (Å²) in [5.74, 6) is -1.27. The lowest BCUT2D eigenvalue weighted by molar-refractivity contribution is -0.180. The van der Waals surface area contributed by atoms with Crippen LogP contribution in [0.1, 0.15) is 13.8 Å². The first-order valence-electron chi connectivity index (χ1n) is 5.41. The number of aliphatic hydroxyl groups is 2. The van der Waals surface area contributed by atoms with E-state index in [1.807, 2.05) is 0 Å². The van der Waals surface area contributed by atoms with Crippen LogP contribution in [0.3, 0.4) is 0 Å². The zero-order valence-corrected chi connectivity index (χ0v) is 9.24. The number of allylic oxidation sites excluding steroid dienone is 1. The van der Waals surface area contributed by atoms with Gasteiger partial charge in [0.05, 0.1) is 6.10 Å².